The summed E-state index contributed by atoms with van der Waals surface area (Å²) >= 11 is 0. The smallest absolute Gasteiger partial charge is 0.201 e. The molecule has 0 radical (unpaired) electrons. The van der Waals surface area contributed by atoms with Crippen LogP contribution in [0.1, 0.15) is 11.1 Å². The van der Waals surface area contributed by atoms with Crippen molar-refractivity contribution in [2.75, 3.05) is 0 Å². The van der Waals surface area contributed by atoms with E-state index < -0.39 is 46.4 Å². The van der Waals surface area contributed by atoms with Gasteiger partial charge in [-0.05, 0) is 30.2 Å². The van der Waals surface area contributed by atoms with Crippen LogP contribution in [0.5, 0.6) is 0 Å². The van der Waals surface area contributed by atoms with Crippen LogP contribution in [0.25, 0.3) is 11.1 Å². The Morgan fingerprint density at radius 1 is 0.857 bits per heavy atom. The first-order chi connectivity index (χ1) is 9.61. The molecular formula is C13H6F7N. The zero-order chi connectivity index (χ0) is 15.9. The molecule has 8 heteroatoms. The Morgan fingerprint density at radius 2 is 1.38 bits per heavy atom. The molecule has 0 N–H and O–H groups in total. The van der Waals surface area contributed by atoms with Crippen molar-refractivity contribution in [2.24, 2.45) is 0 Å². The Kier molecular flexibility index (Phi) is 3.65. The molecular weight excluding hydrogens is 303 g/mol. The fourth-order valence-corrected chi connectivity index (χ4v) is 1.83. The number of halogens is 7. The minimum absolute atomic E-state index is 0.0243. The highest BCUT2D eigenvalue weighted by atomic mass is 19.4. The van der Waals surface area contributed by atoms with Gasteiger partial charge in [-0.2, -0.15) is 26.9 Å². The Labute approximate surface area is 114 Å². The number of pyridine rings is 1. The summed E-state index contributed by atoms with van der Waals surface area (Å²) in [6.07, 6.45) is -4.77. The summed E-state index contributed by atoms with van der Waals surface area (Å²) in [7, 11) is 0. The Hall–Kier alpha value is -2.12. The third kappa shape index (κ3) is 2.84. The van der Waals surface area contributed by atoms with E-state index in [0.717, 1.165) is 12.1 Å². The van der Waals surface area contributed by atoms with Crippen LogP contribution >= 0.6 is 0 Å². The summed E-state index contributed by atoms with van der Waals surface area (Å²) < 4.78 is 91.2. The lowest BCUT2D eigenvalue weighted by Crippen LogP contribution is -2.07. The Morgan fingerprint density at radius 3 is 1.86 bits per heavy atom. The van der Waals surface area contributed by atoms with E-state index in [4.69, 9.17) is 0 Å². The summed E-state index contributed by atoms with van der Waals surface area (Å²) in [5.41, 5.74) is -3.02. The van der Waals surface area contributed by atoms with Crippen LogP contribution in [0.15, 0.2) is 18.2 Å². The Bertz CT molecular complexity index is 680. The van der Waals surface area contributed by atoms with Crippen LogP contribution in [0.3, 0.4) is 0 Å². The number of rotatable bonds is 1. The van der Waals surface area contributed by atoms with Crippen LogP contribution in [0.2, 0.25) is 0 Å². The van der Waals surface area contributed by atoms with Crippen LogP contribution in [-0.4, -0.2) is 4.98 Å². The largest absolute Gasteiger partial charge is 0.416 e. The van der Waals surface area contributed by atoms with Gasteiger partial charge in [-0.1, -0.05) is 6.07 Å². The molecule has 0 aliphatic rings. The molecule has 1 aromatic heterocycles. The van der Waals surface area contributed by atoms with Gasteiger partial charge in [0.15, 0.2) is 11.6 Å². The predicted octanol–water partition coefficient (Wildman–Crippen LogP) is 4.63. The fourth-order valence-electron chi connectivity index (χ4n) is 1.83. The van der Waals surface area contributed by atoms with E-state index in [9.17, 15) is 30.7 Å². The van der Waals surface area contributed by atoms with Gasteiger partial charge in [-0.15, -0.1) is 0 Å². The highest BCUT2D eigenvalue weighted by molar-refractivity contribution is 5.66. The van der Waals surface area contributed by atoms with Gasteiger partial charge >= 0.3 is 6.18 Å². The summed E-state index contributed by atoms with van der Waals surface area (Å²) in [6, 6.07) is 2.14. The second-order valence-electron chi connectivity index (χ2n) is 4.28. The van der Waals surface area contributed by atoms with Gasteiger partial charge in [-0.25, -0.2) is 8.78 Å². The molecule has 21 heavy (non-hydrogen) atoms. The second-order valence-corrected chi connectivity index (χ2v) is 4.28. The fraction of sp³-hybridized carbons (Fsp3) is 0.154. The van der Waals surface area contributed by atoms with E-state index in [1.807, 2.05) is 0 Å². The molecule has 1 aromatic carbocycles. The molecule has 2 aromatic rings. The molecule has 0 saturated carbocycles. The monoisotopic (exact) mass is 309 g/mol. The molecule has 0 aliphatic heterocycles. The van der Waals surface area contributed by atoms with Crippen molar-refractivity contribution >= 4 is 0 Å². The predicted molar refractivity (Wildman–Crippen MR) is 59.2 cm³/mol. The number of hydrogen-bond donors (Lipinski definition) is 0. The molecule has 0 fully saturated rings. The minimum Gasteiger partial charge on any atom is -0.201 e. The maximum atomic E-state index is 13.6. The average Bonchev–Trinajstić information content (AvgIpc) is 2.35. The first kappa shape index (κ1) is 15.3. The third-order valence-corrected chi connectivity index (χ3v) is 2.69. The molecule has 112 valence electrons. The lowest BCUT2D eigenvalue weighted by molar-refractivity contribution is -0.137. The van der Waals surface area contributed by atoms with Crippen molar-refractivity contribution in [3.05, 3.63) is 52.9 Å². The molecule has 0 saturated heterocycles. The topological polar surface area (TPSA) is 12.9 Å². The van der Waals surface area contributed by atoms with E-state index in [2.05, 4.69) is 4.98 Å². The van der Waals surface area contributed by atoms with E-state index in [1.165, 1.54) is 6.92 Å². The van der Waals surface area contributed by atoms with Crippen LogP contribution < -0.4 is 0 Å². The highest BCUT2D eigenvalue weighted by Gasteiger charge is 2.32. The Balaban J connectivity index is 2.77. The molecule has 0 spiro atoms. The summed E-state index contributed by atoms with van der Waals surface area (Å²) in [6.45, 7) is 1.25. The number of nitrogens with zero attached hydrogens (tertiary/aromatic N) is 1. The zero-order valence-electron chi connectivity index (χ0n) is 10.3. The number of hydrogen-bond acceptors (Lipinski definition) is 1. The van der Waals surface area contributed by atoms with Gasteiger partial charge in [-0.3, -0.25) is 0 Å². The van der Waals surface area contributed by atoms with Crippen molar-refractivity contribution in [1.82, 2.24) is 4.98 Å². The van der Waals surface area contributed by atoms with Gasteiger partial charge in [0.25, 0.3) is 11.9 Å². The summed E-state index contributed by atoms with van der Waals surface area (Å²) in [5, 5.41) is 0. The first-order valence-corrected chi connectivity index (χ1v) is 5.50. The normalized spacial score (nSPS) is 11.8. The van der Waals surface area contributed by atoms with Crippen LogP contribution in [0, 0.1) is 30.5 Å². The quantitative estimate of drug-likeness (QED) is 0.553. The van der Waals surface area contributed by atoms with E-state index in [1.54, 1.807) is 0 Å². The average molecular weight is 309 g/mol. The standard InChI is InChI=1S/C13H6F7N/c1-5-2-6(4-7(3-5)13(18,19)20)8-9(14)11(16)21-12(17)10(8)15/h2-4H,1H3. The maximum Gasteiger partial charge on any atom is 0.416 e. The van der Waals surface area contributed by atoms with Crippen molar-refractivity contribution in [2.45, 2.75) is 13.1 Å². The minimum atomic E-state index is -4.77. The van der Waals surface area contributed by atoms with Gasteiger partial charge < -0.3 is 0 Å². The summed E-state index contributed by atoms with van der Waals surface area (Å²) in [5.74, 6) is -7.57. The molecule has 1 heterocycles. The molecule has 2 rings (SSSR count). The van der Waals surface area contributed by atoms with Crippen LogP contribution in [0.4, 0.5) is 30.7 Å². The molecule has 0 amide bonds. The van der Waals surface area contributed by atoms with Gasteiger partial charge in [0.05, 0.1) is 11.1 Å². The second kappa shape index (κ2) is 5.01. The number of benzene rings is 1. The third-order valence-electron chi connectivity index (χ3n) is 2.69. The molecule has 1 nitrogen and oxygen atoms in total. The maximum absolute atomic E-state index is 13.6. The van der Waals surface area contributed by atoms with Gasteiger partial charge in [0, 0.05) is 0 Å². The van der Waals surface area contributed by atoms with Gasteiger partial charge in [0.2, 0.25) is 0 Å². The molecule has 0 unspecified atom stereocenters. The van der Waals surface area contributed by atoms with Crippen molar-refractivity contribution in [1.29, 1.82) is 0 Å². The number of aryl methyl sites for hydroxylation is 1. The lowest BCUT2D eigenvalue weighted by Gasteiger charge is -2.12. The van der Waals surface area contributed by atoms with Crippen molar-refractivity contribution in [3.8, 4) is 11.1 Å². The number of aromatic nitrogens is 1. The van der Waals surface area contributed by atoms with E-state index in [-0.39, 0.29) is 5.56 Å². The molecule has 0 atom stereocenters. The van der Waals surface area contributed by atoms with Crippen molar-refractivity contribution in [3.63, 3.8) is 0 Å². The van der Waals surface area contributed by atoms with E-state index >= 15 is 0 Å². The molecule has 0 bridgehead atoms. The lowest BCUT2D eigenvalue weighted by atomic mass is 10.00. The van der Waals surface area contributed by atoms with Crippen LogP contribution in [-0.2, 0) is 6.18 Å². The molecule has 0 aliphatic carbocycles. The first-order valence-electron chi connectivity index (χ1n) is 5.50. The highest BCUT2D eigenvalue weighted by Crippen LogP contribution is 2.35. The number of alkyl halides is 3. The van der Waals surface area contributed by atoms with Crippen molar-refractivity contribution < 1.29 is 30.7 Å². The van der Waals surface area contributed by atoms with E-state index in [0.29, 0.717) is 6.07 Å². The summed E-state index contributed by atoms with van der Waals surface area (Å²) in [4.78, 5) is 2.35. The van der Waals surface area contributed by atoms with Gasteiger partial charge in [0.1, 0.15) is 0 Å². The zero-order valence-corrected chi connectivity index (χ0v) is 10.3. The SMILES string of the molecule is Cc1cc(-c2c(F)c(F)nc(F)c2F)cc(C(F)(F)F)c1.